The fourth-order valence-electron chi connectivity index (χ4n) is 2.53. The zero-order valence-corrected chi connectivity index (χ0v) is 12.8. The molecule has 1 saturated carbocycles. The lowest BCUT2D eigenvalue weighted by Gasteiger charge is -2.24. The standard InChI is InChI=1S/C17H20FN3O/c1-10(9-19)21(2)17(22)14-8-16(11-3-4-11)20-15-6-5-12(18)7-13(14)15/h5-8,10-11H,3-4,9,19H2,1-2H3. The number of hydrogen-bond acceptors (Lipinski definition) is 3. The summed E-state index contributed by atoms with van der Waals surface area (Å²) in [6.45, 7) is 2.28. The molecule has 1 aliphatic rings. The summed E-state index contributed by atoms with van der Waals surface area (Å²) in [6.07, 6.45) is 2.20. The van der Waals surface area contributed by atoms with E-state index in [9.17, 15) is 9.18 Å². The fourth-order valence-corrected chi connectivity index (χ4v) is 2.53. The first-order chi connectivity index (χ1) is 10.5. The van der Waals surface area contributed by atoms with Gasteiger partial charge in [0.1, 0.15) is 5.82 Å². The van der Waals surface area contributed by atoms with Gasteiger partial charge in [-0.25, -0.2) is 4.39 Å². The van der Waals surface area contributed by atoms with E-state index in [4.69, 9.17) is 5.73 Å². The predicted octanol–water partition coefficient (Wildman–Crippen LogP) is 2.67. The van der Waals surface area contributed by atoms with Crippen LogP contribution in [-0.4, -0.2) is 35.4 Å². The van der Waals surface area contributed by atoms with E-state index in [1.165, 1.54) is 12.1 Å². The van der Waals surface area contributed by atoms with Gasteiger partial charge in [-0.1, -0.05) is 0 Å². The summed E-state index contributed by atoms with van der Waals surface area (Å²) in [4.78, 5) is 19.0. The molecule has 1 aromatic heterocycles. The number of nitrogens with zero attached hydrogens (tertiary/aromatic N) is 2. The number of benzene rings is 1. The third kappa shape index (κ3) is 2.68. The molecular weight excluding hydrogens is 281 g/mol. The normalized spacial score (nSPS) is 15.8. The van der Waals surface area contributed by atoms with Gasteiger partial charge in [0.2, 0.25) is 0 Å². The van der Waals surface area contributed by atoms with Gasteiger partial charge in [-0.2, -0.15) is 0 Å². The van der Waals surface area contributed by atoms with Gasteiger partial charge in [-0.3, -0.25) is 9.78 Å². The van der Waals surface area contributed by atoms with Gasteiger partial charge in [0.25, 0.3) is 5.91 Å². The monoisotopic (exact) mass is 301 g/mol. The van der Waals surface area contributed by atoms with E-state index in [2.05, 4.69) is 4.98 Å². The summed E-state index contributed by atoms with van der Waals surface area (Å²) in [5.74, 6) is -0.0758. The minimum atomic E-state index is -0.364. The molecule has 0 bridgehead atoms. The predicted molar refractivity (Wildman–Crippen MR) is 84.3 cm³/mol. The molecule has 0 radical (unpaired) electrons. The van der Waals surface area contributed by atoms with Crippen LogP contribution in [-0.2, 0) is 0 Å². The SMILES string of the molecule is CC(CN)N(C)C(=O)c1cc(C2CC2)nc2ccc(F)cc12. The van der Waals surface area contributed by atoms with Crippen molar-refractivity contribution in [1.29, 1.82) is 0 Å². The molecule has 0 saturated heterocycles. The van der Waals surface area contributed by atoms with Crippen molar-refractivity contribution in [2.75, 3.05) is 13.6 Å². The molecule has 1 aromatic carbocycles. The van der Waals surface area contributed by atoms with E-state index in [1.54, 1.807) is 18.0 Å². The van der Waals surface area contributed by atoms with Crippen molar-refractivity contribution >= 4 is 16.8 Å². The van der Waals surface area contributed by atoms with E-state index in [-0.39, 0.29) is 17.8 Å². The molecule has 1 heterocycles. The quantitative estimate of drug-likeness (QED) is 0.944. The molecule has 1 unspecified atom stereocenters. The number of fused-ring (bicyclic) bond motifs is 1. The molecule has 4 nitrogen and oxygen atoms in total. The van der Waals surface area contributed by atoms with Gasteiger partial charge >= 0.3 is 0 Å². The first-order valence-electron chi connectivity index (χ1n) is 7.58. The number of aromatic nitrogens is 1. The number of hydrogen-bond donors (Lipinski definition) is 1. The Balaban J connectivity index is 2.13. The summed E-state index contributed by atoms with van der Waals surface area (Å²) in [5, 5.41) is 0.561. The van der Waals surface area contributed by atoms with Crippen molar-refractivity contribution < 1.29 is 9.18 Å². The summed E-state index contributed by atoms with van der Waals surface area (Å²) in [6, 6.07) is 6.15. The first-order valence-corrected chi connectivity index (χ1v) is 7.58. The Bertz CT molecular complexity index is 727. The smallest absolute Gasteiger partial charge is 0.254 e. The van der Waals surface area contributed by atoms with E-state index >= 15 is 0 Å². The number of nitrogens with two attached hydrogens (primary N) is 1. The summed E-state index contributed by atoms with van der Waals surface area (Å²) in [7, 11) is 1.72. The maximum Gasteiger partial charge on any atom is 0.254 e. The van der Waals surface area contributed by atoms with Crippen LogP contribution in [0.3, 0.4) is 0 Å². The van der Waals surface area contributed by atoms with Crippen LogP contribution in [0.4, 0.5) is 4.39 Å². The van der Waals surface area contributed by atoms with Crippen molar-refractivity contribution in [3.05, 3.63) is 41.3 Å². The van der Waals surface area contributed by atoms with Gasteiger partial charge < -0.3 is 10.6 Å². The largest absolute Gasteiger partial charge is 0.338 e. The van der Waals surface area contributed by atoms with Gasteiger partial charge in [0.05, 0.1) is 11.1 Å². The molecule has 2 N–H and O–H groups in total. The van der Waals surface area contributed by atoms with Crippen LogP contribution in [0.15, 0.2) is 24.3 Å². The van der Waals surface area contributed by atoms with Crippen LogP contribution >= 0.6 is 0 Å². The maximum absolute atomic E-state index is 13.6. The Morgan fingerprint density at radius 1 is 1.45 bits per heavy atom. The van der Waals surface area contributed by atoms with Crippen molar-refractivity contribution in [2.45, 2.75) is 31.7 Å². The molecule has 1 amide bonds. The third-order valence-electron chi connectivity index (χ3n) is 4.34. The Labute approximate surface area is 129 Å². The number of rotatable bonds is 4. The molecule has 0 spiro atoms. The van der Waals surface area contributed by atoms with Gasteiger partial charge in [0.15, 0.2) is 0 Å². The highest BCUT2D eigenvalue weighted by atomic mass is 19.1. The molecule has 2 aromatic rings. The zero-order chi connectivity index (χ0) is 15.9. The van der Waals surface area contributed by atoms with Crippen LogP contribution < -0.4 is 5.73 Å². The average molecular weight is 301 g/mol. The molecule has 22 heavy (non-hydrogen) atoms. The number of carbonyl (C=O) groups is 1. The lowest BCUT2D eigenvalue weighted by atomic mass is 10.0. The van der Waals surface area contributed by atoms with Crippen LogP contribution in [0.2, 0.25) is 0 Å². The minimum absolute atomic E-state index is 0.0753. The Kier molecular flexibility index (Phi) is 3.83. The Morgan fingerprint density at radius 2 is 2.18 bits per heavy atom. The van der Waals surface area contributed by atoms with Crippen LogP contribution in [0.25, 0.3) is 10.9 Å². The first kappa shape index (κ1) is 14.9. The second-order valence-electron chi connectivity index (χ2n) is 6.03. The van der Waals surface area contributed by atoms with E-state index in [0.29, 0.717) is 28.9 Å². The topological polar surface area (TPSA) is 59.2 Å². The van der Waals surface area contributed by atoms with E-state index in [0.717, 1.165) is 18.5 Å². The molecule has 5 heteroatoms. The van der Waals surface area contributed by atoms with Crippen LogP contribution in [0.5, 0.6) is 0 Å². The highest BCUT2D eigenvalue weighted by molar-refractivity contribution is 6.06. The summed E-state index contributed by atoms with van der Waals surface area (Å²) >= 11 is 0. The number of pyridine rings is 1. The maximum atomic E-state index is 13.6. The van der Waals surface area contributed by atoms with Crippen molar-refractivity contribution in [3.8, 4) is 0 Å². The number of amides is 1. The highest BCUT2D eigenvalue weighted by Gasteiger charge is 2.28. The molecule has 3 rings (SSSR count). The molecule has 116 valence electrons. The van der Waals surface area contributed by atoms with Gasteiger partial charge in [0, 0.05) is 36.6 Å². The van der Waals surface area contributed by atoms with Crippen molar-refractivity contribution in [3.63, 3.8) is 0 Å². The number of halogens is 1. The second kappa shape index (κ2) is 5.65. The average Bonchev–Trinajstić information content (AvgIpc) is 3.36. The molecule has 1 fully saturated rings. The van der Waals surface area contributed by atoms with Crippen LogP contribution in [0, 0.1) is 5.82 Å². The van der Waals surface area contributed by atoms with Gasteiger partial charge in [-0.05, 0) is 44.0 Å². The third-order valence-corrected chi connectivity index (χ3v) is 4.34. The molecule has 1 atom stereocenters. The molecule has 0 aliphatic heterocycles. The minimum Gasteiger partial charge on any atom is -0.338 e. The Morgan fingerprint density at radius 3 is 2.82 bits per heavy atom. The lowest BCUT2D eigenvalue weighted by Crippen LogP contribution is -2.39. The highest BCUT2D eigenvalue weighted by Crippen LogP contribution is 2.40. The van der Waals surface area contributed by atoms with Crippen LogP contribution in [0.1, 0.15) is 41.7 Å². The van der Waals surface area contributed by atoms with E-state index in [1.807, 2.05) is 13.0 Å². The summed E-state index contributed by atoms with van der Waals surface area (Å²) < 4.78 is 13.6. The van der Waals surface area contributed by atoms with Crippen molar-refractivity contribution in [2.24, 2.45) is 5.73 Å². The van der Waals surface area contributed by atoms with Gasteiger partial charge in [-0.15, -0.1) is 0 Å². The Hall–Kier alpha value is -2.01. The van der Waals surface area contributed by atoms with Crippen molar-refractivity contribution in [1.82, 2.24) is 9.88 Å². The van der Waals surface area contributed by atoms with E-state index < -0.39 is 0 Å². The number of likely N-dealkylation sites (N-methyl/N-ethyl adjacent to an activating group) is 1. The number of carbonyl (C=O) groups excluding carboxylic acids is 1. The zero-order valence-electron chi connectivity index (χ0n) is 12.8. The second-order valence-corrected chi connectivity index (χ2v) is 6.03. The lowest BCUT2D eigenvalue weighted by molar-refractivity contribution is 0.0750. The molecule has 1 aliphatic carbocycles. The summed E-state index contributed by atoms with van der Waals surface area (Å²) in [5.41, 5.74) is 7.75. The fraction of sp³-hybridized carbons (Fsp3) is 0.412. The molecular formula is C17H20FN3O.